The number of likely N-dealkylation sites (tertiary alicyclic amines) is 1. The Morgan fingerprint density at radius 3 is 2.58 bits per heavy atom. The molecule has 1 unspecified atom stereocenters. The van der Waals surface area contributed by atoms with Gasteiger partial charge in [0.1, 0.15) is 5.69 Å². The first-order valence-corrected chi connectivity index (χ1v) is 6.18. The van der Waals surface area contributed by atoms with Crippen molar-refractivity contribution in [2.45, 2.75) is 25.8 Å². The van der Waals surface area contributed by atoms with Crippen molar-refractivity contribution in [3.05, 3.63) is 29.6 Å². The molecule has 6 heteroatoms. The highest BCUT2D eigenvalue weighted by molar-refractivity contribution is 5.15. The number of hydrogen-bond donors (Lipinski definition) is 0. The summed E-state index contributed by atoms with van der Waals surface area (Å²) in [5, 5.41) is 0. The topological polar surface area (TPSA) is 25.4 Å². The second-order valence-electron chi connectivity index (χ2n) is 5.10. The molecular weight excluding hydrogens is 257 g/mol. The van der Waals surface area contributed by atoms with Crippen molar-refractivity contribution in [3.63, 3.8) is 0 Å². The number of nitrogens with zero attached hydrogens (tertiary/aromatic N) is 2. The Kier molecular flexibility index (Phi) is 4.10. The van der Waals surface area contributed by atoms with E-state index < -0.39 is 11.9 Å². The van der Waals surface area contributed by atoms with E-state index in [-0.39, 0.29) is 6.10 Å². The fraction of sp³-hybridized carbons (Fsp3) is 0.615. The van der Waals surface area contributed by atoms with E-state index in [1.165, 1.54) is 12.3 Å². The number of likely N-dealkylation sites (N-methyl/N-ethyl adjacent to an activating group) is 1. The SMILES string of the molecule is CC1CN(C)C[C@@H]1OCc1ccc(C(F)(F)F)nc1. The molecular formula is C13H17F3N2O. The molecule has 0 saturated carbocycles. The first kappa shape index (κ1) is 14.3. The molecule has 2 rings (SSSR count). The molecule has 2 heterocycles. The van der Waals surface area contributed by atoms with Crippen LogP contribution in [-0.2, 0) is 17.5 Å². The summed E-state index contributed by atoms with van der Waals surface area (Å²) in [5.41, 5.74) is -0.208. The Balaban J connectivity index is 1.90. The summed E-state index contributed by atoms with van der Waals surface area (Å²) in [6.45, 7) is 4.25. The van der Waals surface area contributed by atoms with E-state index in [1.54, 1.807) is 0 Å². The van der Waals surface area contributed by atoms with Crippen LogP contribution in [0.1, 0.15) is 18.2 Å². The van der Waals surface area contributed by atoms with Crippen LogP contribution in [0, 0.1) is 5.92 Å². The Morgan fingerprint density at radius 1 is 1.37 bits per heavy atom. The van der Waals surface area contributed by atoms with E-state index in [4.69, 9.17) is 4.74 Å². The first-order valence-electron chi connectivity index (χ1n) is 6.18. The predicted molar refractivity (Wildman–Crippen MR) is 64.5 cm³/mol. The number of rotatable bonds is 3. The van der Waals surface area contributed by atoms with Crippen molar-refractivity contribution in [2.24, 2.45) is 5.92 Å². The van der Waals surface area contributed by atoms with E-state index in [1.807, 2.05) is 7.05 Å². The highest BCUT2D eigenvalue weighted by Gasteiger charge is 2.32. The lowest BCUT2D eigenvalue weighted by Crippen LogP contribution is -2.21. The summed E-state index contributed by atoms with van der Waals surface area (Å²) < 4.78 is 42.8. The normalized spacial score (nSPS) is 24.9. The Hall–Kier alpha value is -1.14. The van der Waals surface area contributed by atoms with Gasteiger partial charge < -0.3 is 9.64 Å². The van der Waals surface area contributed by atoms with Gasteiger partial charge in [0, 0.05) is 19.3 Å². The number of ether oxygens (including phenoxy) is 1. The maximum Gasteiger partial charge on any atom is 0.433 e. The Morgan fingerprint density at radius 2 is 2.11 bits per heavy atom. The van der Waals surface area contributed by atoms with Crippen LogP contribution in [0.3, 0.4) is 0 Å². The molecule has 1 fully saturated rings. The van der Waals surface area contributed by atoms with Crippen LogP contribution >= 0.6 is 0 Å². The van der Waals surface area contributed by atoms with Gasteiger partial charge in [-0.05, 0) is 24.6 Å². The summed E-state index contributed by atoms with van der Waals surface area (Å²) in [4.78, 5) is 5.59. The summed E-state index contributed by atoms with van der Waals surface area (Å²) in [5.74, 6) is 0.437. The molecule has 0 spiro atoms. The minimum atomic E-state index is -4.39. The summed E-state index contributed by atoms with van der Waals surface area (Å²) in [7, 11) is 2.03. The molecule has 0 aliphatic carbocycles. The maximum absolute atomic E-state index is 12.3. The summed E-state index contributed by atoms with van der Waals surface area (Å²) >= 11 is 0. The van der Waals surface area contributed by atoms with Gasteiger partial charge in [-0.1, -0.05) is 13.0 Å². The van der Waals surface area contributed by atoms with Crippen LogP contribution in [0.5, 0.6) is 0 Å². The molecule has 1 aromatic rings. The highest BCUT2D eigenvalue weighted by atomic mass is 19.4. The lowest BCUT2D eigenvalue weighted by molar-refractivity contribution is -0.141. The monoisotopic (exact) mass is 274 g/mol. The minimum absolute atomic E-state index is 0.132. The van der Waals surface area contributed by atoms with E-state index >= 15 is 0 Å². The Bertz CT molecular complexity index is 419. The van der Waals surface area contributed by atoms with E-state index in [0.29, 0.717) is 18.1 Å². The molecule has 1 aliphatic rings. The number of aromatic nitrogens is 1. The van der Waals surface area contributed by atoms with Gasteiger partial charge in [0.15, 0.2) is 0 Å². The zero-order chi connectivity index (χ0) is 14.0. The third-order valence-electron chi connectivity index (χ3n) is 3.31. The van der Waals surface area contributed by atoms with Gasteiger partial charge in [0.2, 0.25) is 0 Å². The second-order valence-corrected chi connectivity index (χ2v) is 5.10. The molecule has 2 atom stereocenters. The number of pyridine rings is 1. The maximum atomic E-state index is 12.3. The molecule has 1 aromatic heterocycles. The van der Waals surface area contributed by atoms with Gasteiger partial charge in [-0.25, -0.2) is 0 Å². The van der Waals surface area contributed by atoms with Crippen molar-refractivity contribution in [1.82, 2.24) is 9.88 Å². The smallest absolute Gasteiger partial charge is 0.372 e. The van der Waals surface area contributed by atoms with Crippen molar-refractivity contribution in [3.8, 4) is 0 Å². The van der Waals surface area contributed by atoms with Crippen molar-refractivity contribution >= 4 is 0 Å². The zero-order valence-corrected chi connectivity index (χ0v) is 10.9. The van der Waals surface area contributed by atoms with Gasteiger partial charge in [-0.15, -0.1) is 0 Å². The average Bonchev–Trinajstić information content (AvgIpc) is 2.65. The minimum Gasteiger partial charge on any atom is -0.372 e. The summed E-state index contributed by atoms with van der Waals surface area (Å²) in [6.07, 6.45) is -3.03. The third kappa shape index (κ3) is 3.67. The lowest BCUT2D eigenvalue weighted by atomic mass is 10.1. The van der Waals surface area contributed by atoms with Crippen LogP contribution in [0.15, 0.2) is 18.3 Å². The summed E-state index contributed by atoms with van der Waals surface area (Å²) in [6, 6.07) is 2.40. The van der Waals surface area contributed by atoms with E-state index in [0.717, 1.165) is 19.2 Å². The fourth-order valence-corrected chi connectivity index (χ4v) is 2.27. The number of hydrogen-bond acceptors (Lipinski definition) is 3. The van der Waals surface area contributed by atoms with Gasteiger partial charge in [-0.2, -0.15) is 13.2 Å². The van der Waals surface area contributed by atoms with Gasteiger partial charge in [-0.3, -0.25) is 4.98 Å². The van der Waals surface area contributed by atoms with E-state index in [2.05, 4.69) is 16.8 Å². The molecule has 0 amide bonds. The quantitative estimate of drug-likeness (QED) is 0.847. The molecule has 0 N–H and O–H groups in total. The number of alkyl halides is 3. The average molecular weight is 274 g/mol. The molecule has 0 aromatic carbocycles. The lowest BCUT2D eigenvalue weighted by Gasteiger charge is -2.15. The van der Waals surface area contributed by atoms with Crippen LogP contribution in [0.4, 0.5) is 13.2 Å². The highest BCUT2D eigenvalue weighted by Crippen LogP contribution is 2.27. The number of halogens is 3. The van der Waals surface area contributed by atoms with Crippen LogP contribution < -0.4 is 0 Å². The van der Waals surface area contributed by atoms with Gasteiger partial charge in [0.25, 0.3) is 0 Å². The molecule has 19 heavy (non-hydrogen) atoms. The van der Waals surface area contributed by atoms with Crippen molar-refractivity contribution < 1.29 is 17.9 Å². The van der Waals surface area contributed by atoms with Gasteiger partial charge >= 0.3 is 6.18 Å². The largest absolute Gasteiger partial charge is 0.433 e. The molecule has 3 nitrogen and oxygen atoms in total. The van der Waals surface area contributed by atoms with Crippen LogP contribution in [0.2, 0.25) is 0 Å². The van der Waals surface area contributed by atoms with Crippen LogP contribution in [0.25, 0.3) is 0 Å². The molecule has 1 saturated heterocycles. The molecule has 0 bridgehead atoms. The second kappa shape index (κ2) is 5.46. The van der Waals surface area contributed by atoms with Crippen LogP contribution in [-0.4, -0.2) is 36.1 Å². The van der Waals surface area contributed by atoms with Gasteiger partial charge in [0.05, 0.1) is 12.7 Å². The molecule has 0 radical (unpaired) electrons. The zero-order valence-electron chi connectivity index (χ0n) is 10.9. The fourth-order valence-electron chi connectivity index (χ4n) is 2.27. The molecule has 1 aliphatic heterocycles. The van der Waals surface area contributed by atoms with Crippen molar-refractivity contribution in [1.29, 1.82) is 0 Å². The Labute approximate surface area is 110 Å². The van der Waals surface area contributed by atoms with Crippen molar-refractivity contribution in [2.75, 3.05) is 20.1 Å². The standard InChI is InChI=1S/C13H17F3N2O/c1-9-6-18(2)7-11(9)19-8-10-3-4-12(17-5-10)13(14,15)16/h3-5,9,11H,6-8H2,1-2H3/t9?,11-/m0/s1. The third-order valence-corrected chi connectivity index (χ3v) is 3.31. The first-order chi connectivity index (χ1) is 8.86. The molecule has 106 valence electrons. The predicted octanol–water partition coefficient (Wildman–Crippen LogP) is 2.57. The van der Waals surface area contributed by atoms with E-state index in [9.17, 15) is 13.2 Å².